The van der Waals surface area contributed by atoms with Crippen molar-refractivity contribution in [2.75, 3.05) is 32.8 Å². The Morgan fingerprint density at radius 1 is 1.45 bits per heavy atom. The van der Waals surface area contributed by atoms with E-state index in [1.165, 1.54) is 5.56 Å². The van der Waals surface area contributed by atoms with E-state index in [4.69, 9.17) is 0 Å². The maximum atomic E-state index is 11.6. The standard InChI is InChI=1S/C17H25N3O2/c1-13-3-4-16(18-7-13)10-19-8-15-9-20(14(2)22)6-5-17(15,11-19)12-21/h3-4,7,15,21H,5-6,8-12H2,1-2H3/t15-,17-/m0/s1. The minimum absolute atomic E-state index is 0.0450. The Bertz CT molecular complexity index is 545. The van der Waals surface area contributed by atoms with E-state index in [-0.39, 0.29) is 17.9 Å². The van der Waals surface area contributed by atoms with E-state index in [0.29, 0.717) is 5.92 Å². The molecular weight excluding hydrogens is 278 g/mol. The quantitative estimate of drug-likeness (QED) is 0.907. The molecule has 1 aromatic heterocycles. The Labute approximate surface area is 131 Å². The maximum Gasteiger partial charge on any atom is 0.219 e. The number of piperidine rings is 1. The summed E-state index contributed by atoms with van der Waals surface area (Å²) in [6, 6.07) is 4.16. The molecule has 2 aliphatic rings. The number of pyridine rings is 1. The second kappa shape index (κ2) is 5.97. The van der Waals surface area contributed by atoms with E-state index in [1.54, 1.807) is 6.92 Å². The topological polar surface area (TPSA) is 56.7 Å². The summed E-state index contributed by atoms with van der Waals surface area (Å²) in [7, 11) is 0. The number of aromatic nitrogens is 1. The summed E-state index contributed by atoms with van der Waals surface area (Å²) in [4.78, 5) is 20.4. The SMILES string of the molecule is CC(=O)N1CC[C@@]2(CO)CN(Cc3ccc(C)cn3)C[C@H]2C1. The lowest BCUT2D eigenvalue weighted by Gasteiger charge is -2.42. The zero-order valence-corrected chi connectivity index (χ0v) is 13.5. The summed E-state index contributed by atoms with van der Waals surface area (Å²) in [6.45, 7) is 8.07. The number of aryl methyl sites for hydroxylation is 1. The Balaban J connectivity index is 1.70. The summed E-state index contributed by atoms with van der Waals surface area (Å²) < 4.78 is 0. The second-order valence-corrected chi connectivity index (χ2v) is 6.93. The van der Waals surface area contributed by atoms with E-state index in [0.717, 1.165) is 44.8 Å². The number of fused-ring (bicyclic) bond motifs is 1. The lowest BCUT2D eigenvalue weighted by Crippen LogP contribution is -2.50. The first-order valence-corrected chi connectivity index (χ1v) is 8.03. The van der Waals surface area contributed by atoms with Gasteiger partial charge in [-0.25, -0.2) is 0 Å². The van der Waals surface area contributed by atoms with Crippen LogP contribution < -0.4 is 0 Å². The van der Waals surface area contributed by atoms with Gasteiger partial charge >= 0.3 is 0 Å². The van der Waals surface area contributed by atoms with Crippen molar-refractivity contribution < 1.29 is 9.90 Å². The molecule has 2 atom stereocenters. The van der Waals surface area contributed by atoms with Crippen LogP contribution in [0.3, 0.4) is 0 Å². The largest absolute Gasteiger partial charge is 0.396 e. The predicted molar refractivity (Wildman–Crippen MR) is 84.1 cm³/mol. The monoisotopic (exact) mass is 303 g/mol. The van der Waals surface area contributed by atoms with Crippen LogP contribution in [0, 0.1) is 18.3 Å². The van der Waals surface area contributed by atoms with Crippen molar-refractivity contribution in [3.05, 3.63) is 29.6 Å². The van der Waals surface area contributed by atoms with E-state index in [9.17, 15) is 9.90 Å². The molecule has 2 saturated heterocycles. The molecule has 0 bridgehead atoms. The minimum atomic E-state index is -0.0450. The molecule has 22 heavy (non-hydrogen) atoms. The fourth-order valence-electron chi connectivity index (χ4n) is 3.88. The number of nitrogens with zero attached hydrogens (tertiary/aromatic N) is 3. The molecule has 1 N–H and O–H groups in total. The van der Waals surface area contributed by atoms with Crippen molar-refractivity contribution >= 4 is 5.91 Å². The summed E-state index contributed by atoms with van der Waals surface area (Å²) in [6.07, 6.45) is 2.79. The van der Waals surface area contributed by atoms with Crippen LogP contribution in [0.1, 0.15) is 24.6 Å². The fourth-order valence-corrected chi connectivity index (χ4v) is 3.88. The van der Waals surface area contributed by atoms with Crippen LogP contribution in [0.25, 0.3) is 0 Å². The van der Waals surface area contributed by atoms with Gasteiger partial charge < -0.3 is 10.0 Å². The number of aliphatic hydroxyl groups excluding tert-OH is 1. The molecule has 0 aliphatic carbocycles. The molecule has 0 aromatic carbocycles. The molecule has 0 saturated carbocycles. The summed E-state index contributed by atoms with van der Waals surface area (Å²) in [5.74, 6) is 0.505. The molecule has 0 spiro atoms. The van der Waals surface area contributed by atoms with Gasteiger partial charge in [-0.15, -0.1) is 0 Å². The number of carbonyl (C=O) groups excluding carboxylic acids is 1. The minimum Gasteiger partial charge on any atom is -0.396 e. The average Bonchev–Trinajstić information content (AvgIpc) is 2.87. The molecule has 5 nitrogen and oxygen atoms in total. The Kier molecular flexibility index (Phi) is 4.19. The van der Waals surface area contributed by atoms with Crippen molar-refractivity contribution in [3.8, 4) is 0 Å². The lowest BCUT2D eigenvalue weighted by atomic mass is 9.73. The van der Waals surface area contributed by atoms with Crippen LogP contribution in [0.2, 0.25) is 0 Å². The predicted octanol–water partition coefficient (Wildman–Crippen LogP) is 1.05. The highest BCUT2D eigenvalue weighted by molar-refractivity contribution is 5.73. The van der Waals surface area contributed by atoms with Crippen molar-refractivity contribution in [2.24, 2.45) is 11.3 Å². The van der Waals surface area contributed by atoms with Gasteiger partial charge in [0.15, 0.2) is 0 Å². The number of likely N-dealkylation sites (tertiary alicyclic amines) is 2. The van der Waals surface area contributed by atoms with Crippen LogP contribution in [-0.4, -0.2) is 58.6 Å². The van der Waals surface area contributed by atoms with Crippen molar-refractivity contribution in [1.29, 1.82) is 0 Å². The van der Waals surface area contributed by atoms with Crippen LogP contribution in [0.15, 0.2) is 18.3 Å². The van der Waals surface area contributed by atoms with Crippen LogP contribution in [-0.2, 0) is 11.3 Å². The highest BCUT2D eigenvalue weighted by atomic mass is 16.3. The first kappa shape index (κ1) is 15.4. The third kappa shape index (κ3) is 2.88. The molecule has 3 heterocycles. The third-order valence-corrected chi connectivity index (χ3v) is 5.32. The molecular formula is C17H25N3O2. The van der Waals surface area contributed by atoms with E-state index in [1.807, 2.05) is 18.0 Å². The third-order valence-electron chi connectivity index (χ3n) is 5.32. The number of hydrogen-bond donors (Lipinski definition) is 1. The highest BCUT2D eigenvalue weighted by Gasteiger charge is 2.49. The second-order valence-electron chi connectivity index (χ2n) is 6.93. The molecule has 1 aromatic rings. The molecule has 1 amide bonds. The summed E-state index contributed by atoms with van der Waals surface area (Å²) >= 11 is 0. The molecule has 2 fully saturated rings. The van der Waals surface area contributed by atoms with Gasteiger partial charge in [0.1, 0.15) is 0 Å². The number of hydrogen-bond acceptors (Lipinski definition) is 4. The first-order valence-electron chi connectivity index (χ1n) is 8.03. The fraction of sp³-hybridized carbons (Fsp3) is 0.647. The highest BCUT2D eigenvalue weighted by Crippen LogP contribution is 2.42. The average molecular weight is 303 g/mol. The molecule has 0 unspecified atom stereocenters. The van der Waals surface area contributed by atoms with Crippen molar-refractivity contribution in [3.63, 3.8) is 0 Å². The molecule has 0 radical (unpaired) electrons. The van der Waals surface area contributed by atoms with Gasteiger partial charge in [-0.3, -0.25) is 14.7 Å². The van der Waals surface area contributed by atoms with Gasteiger partial charge in [0.05, 0.1) is 12.3 Å². The maximum absolute atomic E-state index is 11.6. The molecule has 3 rings (SSSR count). The molecule has 120 valence electrons. The molecule has 2 aliphatic heterocycles. The normalized spacial score (nSPS) is 28.7. The molecule has 5 heteroatoms. The van der Waals surface area contributed by atoms with E-state index < -0.39 is 0 Å². The summed E-state index contributed by atoms with van der Waals surface area (Å²) in [5.41, 5.74) is 2.19. The van der Waals surface area contributed by atoms with Gasteiger partial charge in [0.2, 0.25) is 5.91 Å². The van der Waals surface area contributed by atoms with Gasteiger partial charge in [0, 0.05) is 51.3 Å². The number of aliphatic hydroxyl groups is 1. The lowest BCUT2D eigenvalue weighted by molar-refractivity contribution is -0.133. The van der Waals surface area contributed by atoms with Gasteiger partial charge in [-0.2, -0.15) is 0 Å². The van der Waals surface area contributed by atoms with E-state index >= 15 is 0 Å². The van der Waals surface area contributed by atoms with Crippen molar-refractivity contribution in [1.82, 2.24) is 14.8 Å². The Morgan fingerprint density at radius 2 is 2.27 bits per heavy atom. The number of amides is 1. The van der Waals surface area contributed by atoms with E-state index in [2.05, 4.69) is 22.0 Å². The zero-order valence-electron chi connectivity index (χ0n) is 13.5. The first-order chi connectivity index (χ1) is 10.5. The van der Waals surface area contributed by atoms with Gasteiger partial charge in [-0.05, 0) is 30.9 Å². The number of rotatable bonds is 3. The van der Waals surface area contributed by atoms with Gasteiger partial charge in [-0.1, -0.05) is 6.07 Å². The van der Waals surface area contributed by atoms with Crippen LogP contribution in [0.5, 0.6) is 0 Å². The summed E-state index contributed by atoms with van der Waals surface area (Å²) in [5, 5.41) is 9.95. The Morgan fingerprint density at radius 3 is 2.91 bits per heavy atom. The zero-order chi connectivity index (χ0) is 15.7. The smallest absolute Gasteiger partial charge is 0.219 e. The van der Waals surface area contributed by atoms with Crippen molar-refractivity contribution in [2.45, 2.75) is 26.8 Å². The van der Waals surface area contributed by atoms with Crippen LogP contribution >= 0.6 is 0 Å². The Hall–Kier alpha value is -1.46. The van der Waals surface area contributed by atoms with Gasteiger partial charge in [0.25, 0.3) is 0 Å². The number of carbonyl (C=O) groups is 1. The van der Waals surface area contributed by atoms with Crippen LogP contribution in [0.4, 0.5) is 0 Å².